The van der Waals surface area contributed by atoms with Gasteiger partial charge in [0.15, 0.2) is 6.10 Å². The second kappa shape index (κ2) is 5.35. The molecule has 2 fully saturated rings. The number of likely N-dealkylation sites (tertiary alicyclic amines) is 1. The van der Waals surface area contributed by atoms with Crippen molar-refractivity contribution in [2.24, 2.45) is 5.92 Å². The number of hydrogen-bond donors (Lipinski definition) is 0. The van der Waals surface area contributed by atoms with Gasteiger partial charge in [0.25, 0.3) is 0 Å². The van der Waals surface area contributed by atoms with Crippen LogP contribution in [-0.2, 0) is 14.3 Å². The van der Waals surface area contributed by atoms with E-state index in [-0.39, 0.29) is 18.9 Å². The third-order valence-corrected chi connectivity index (χ3v) is 3.49. The smallest absolute Gasteiger partial charge is 0.447 e. The molecule has 0 aromatic carbocycles. The van der Waals surface area contributed by atoms with Gasteiger partial charge in [-0.25, -0.2) is 4.79 Å². The Morgan fingerprint density at radius 1 is 1.30 bits per heavy atom. The largest absolute Gasteiger partial charge is 0.471 e. The molecule has 0 spiro atoms. The Labute approximate surface area is 114 Å². The first kappa shape index (κ1) is 14.7. The molecule has 1 saturated heterocycles. The SMILES string of the molecule is C#C[C@@H](OC(=O)[C@H]1CCCN1C(=O)C(F)(F)F)C1CC1. The van der Waals surface area contributed by atoms with Crippen LogP contribution in [0.5, 0.6) is 0 Å². The van der Waals surface area contributed by atoms with Gasteiger partial charge < -0.3 is 9.64 Å². The molecule has 110 valence electrons. The summed E-state index contributed by atoms with van der Waals surface area (Å²) in [5.41, 5.74) is 0. The molecule has 7 heteroatoms. The highest BCUT2D eigenvalue weighted by atomic mass is 19.4. The molecule has 1 heterocycles. The number of hydrogen-bond acceptors (Lipinski definition) is 3. The van der Waals surface area contributed by atoms with Crippen LogP contribution < -0.4 is 0 Å². The van der Waals surface area contributed by atoms with Gasteiger partial charge in [-0.2, -0.15) is 13.2 Å². The van der Waals surface area contributed by atoms with E-state index in [1.807, 2.05) is 0 Å². The summed E-state index contributed by atoms with van der Waals surface area (Å²) in [5.74, 6) is -0.419. The van der Waals surface area contributed by atoms with Gasteiger partial charge in [0.2, 0.25) is 0 Å². The van der Waals surface area contributed by atoms with Gasteiger partial charge in [-0.3, -0.25) is 4.79 Å². The number of amides is 1. The monoisotopic (exact) mass is 289 g/mol. The van der Waals surface area contributed by atoms with Crippen molar-refractivity contribution in [2.75, 3.05) is 6.54 Å². The van der Waals surface area contributed by atoms with E-state index in [1.54, 1.807) is 0 Å². The van der Waals surface area contributed by atoms with Gasteiger partial charge in [0.1, 0.15) is 6.04 Å². The highest BCUT2D eigenvalue weighted by Crippen LogP contribution is 2.35. The van der Waals surface area contributed by atoms with Crippen molar-refractivity contribution in [3.63, 3.8) is 0 Å². The zero-order valence-corrected chi connectivity index (χ0v) is 10.7. The van der Waals surface area contributed by atoms with E-state index in [9.17, 15) is 22.8 Å². The van der Waals surface area contributed by atoms with Crippen LogP contribution in [0.2, 0.25) is 0 Å². The van der Waals surface area contributed by atoms with Crippen LogP contribution in [0.1, 0.15) is 25.7 Å². The van der Waals surface area contributed by atoms with Gasteiger partial charge in [-0.05, 0) is 25.7 Å². The van der Waals surface area contributed by atoms with Crippen molar-refractivity contribution >= 4 is 11.9 Å². The Kier molecular flexibility index (Phi) is 3.93. The Morgan fingerprint density at radius 3 is 2.45 bits per heavy atom. The minimum absolute atomic E-state index is 0.0946. The Bertz CT molecular complexity index is 451. The number of ether oxygens (including phenoxy) is 1. The summed E-state index contributed by atoms with van der Waals surface area (Å²) in [4.78, 5) is 23.7. The first-order valence-electron chi connectivity index (χ1n) is 6.39. The molecule has 0 N–H and O–H groups in total. The maximum Gasteiger partial charge on any atom is 0.471 e. The van der Waals surface area contributed by atoms with Gasteiger partial charge in [0.05, 0.1) is 0 Å². The molecule has 1 aliphatic carbocycles. The molecular formula is C13H14F3NO3. The Hall–Kier alpha value is -1.71. The lowest BCUT2D eigenvalue weighted by Gasteiger charge is -2.25. The number of alkyl halides is 3. The average molecular weight is 289 g/mol. The Morgan fingerprint density at radius 2 is 1.95 bits per heavy atom. The first-order valence-corrected chi connectivity index (χ1v) is 6.39. The van der Waals surface area contributed by atoms with E-state index in [4.69, 9.17) is 11.2 Å². The topological polar surface area (TPSA) is 46.6 Å². The molecular weight excluding hydrogens is 275 g/mol. The lowest BCUT2D eigenvalue weighted by Crippen LogP contribution is -2.48. The standard InChI is InChI=1S/C13H14F3NO3/c1-2-10(8-5-6-8)20-11(18)9-4-3-7-17(9)12(19)13(14,15)16/h1,8-10H,3-7H2/t9-,10-/m1/s1. The zero-order valence-electron chi connectivity index (χ0n) is 10.7. The number of terminal acetylenes is 1. The third-order valence-electron chi connectivity index (χ3n) is 3.49. The number of carbonyl (C=O) groups excluding carboxylic acids is 2. The van der Waals surface area contributed by atoms with Crippen LogP contribution in [-0.4, -0.2) is 41.6 Å². The van der Waals surface area contributed by atoms with Crippen LogP contribution in [0.4, 0.5) is 13.2 Å². The van der Waals surface area contributed by atoms with E-state index in [0.717, 1.165) is 12.8 Å². The predicted molar refractivity (Wildman–Crippen MR) is 62.2 cm³/mol. The molecule has 0 radical (unpaired) electrons. The van der Waals surface area contributed by atoms with Crippen LogP contribution in [0.3, 0.4) is 0 Å². The van der Waals surface area contributed by atoms with E-state index >= 15 is 0 Å². The van der Waals surface area contributed by atoms with Crippen LogP contribution in [0.25, 0.3) is 0 Å². The summed E-state index contributed by atoms with van der Waals surface area (Å²) in [6.07, 6.45) is 1.75. The fourth-order valence-electron chi connectivity index (χ4n) is 2.29. The van der Waals surface area contributed by atoms with Gasteiger partial charge in [-0.15, -0.1) is 6.42 Å². The molecule has 1 amide bonds. The Balaban J connectivity index is 2.01. The van der Waals surface area contributed by atoms with Crippen molar-refractivity contribution in [1.82, 2.24) is 4.90 Å². The molecule has 2 aliphatic rings. The van der Waals surface area contributed by atoms with Crippen molar-refractivity contribution in [3.05, 3.63) is 0 Å². The lowest BCUT2D eigenvalue weighted by atomic mass is 10.2. The first-order chi connectivity index (χ1) is 9.34. The fourth-order valence-corrected chi connectivity index (χ4v) is 2.29. The van der Waals surface area contributed by atoms with Crippen molar-refractivity contribution in [3.8, 4) is 12.3 Å². The van der Waals surface area contributed by atoms with E-state index in [0.29, 0.717) is 11.3 Å². The molecule has 20 heavy (non-hydrogen) atoms. The molecule has 0 aromatic rings. The maximum atomic E-state index is 12.4. The minimum Gasteiger partial charge on any atom is -0.447 e. The van der Waals surface area contributed by atoms with Crippen LogP contribution in [0.15, 0.2) is 0 Å². The molecule has 0 aromatic heterocycles. The summed E-state index contributed by atoms with van der Waals surface area (Å²) in [6, 6.07) is -1.18. The molecule has 1 aliphatic heterocycles. The summed E-state index contributed by atoms with van der Waals surface area (Å²) in [6.45, 7) is -0.0950. The molecule has 4 nitrogen and oxygen atoms in total. The van der Waals surface area contributed by atoms with Gasteiger partial charge >= 0.3 is 18.1 Å². The summed E-state index contributed by atoms with van der Waals surface area (Å²) in [5, 5.41) is 0. The van der Waals surface area contributed by atoms with Crippen molar-refractivity contribution < 1.29 is 27.5 Å². The quantitative estimate of drug-likeness (QED) is 0.584. The molecule has 0 bridgehead atoms. The molecule has 0 unspecified atom stereocenters. The normalized spacial score (nSPS) is 24.1. The summed E-state index contributed by atoms with van der Waals surface area (Å²) >= 11 is 0. The fraction of sp³-hybridized carbons (Fsp3) is 0.692. The lowest BCUT2D eigenvalue weighted by molar-refractivity contribution is -0.188. The summed E-state index contributed by atoms with van der Waals surface area (Å²) < 4.78 is 42.4. The highest BCUT2D eigenvalue weighted by molar-refractivity contribution is 5.88. The van der Waals surface area contributed by atoms with Crippen LogP contribution in [0, 0.1) is 18.3 Å². The number of carbonyl (C=O) groups is 2. The van der Waals surface area contributed by atoms with E-state index < -0.39 is 30.2 Å². The molecule has 2 atom stereocenters. The number of halogens is 3. The highest BCUT2D eigenvalue weighted by Gasteiger charge is 2.48. The molecule has 1 saturated carbocycles. The zero-order chi connectivity index (χ0) is 14.9. The van der Waals surface area contributed by atoms with Gasteiger partial charge in [-0.1, -0.05) is 5.92 Å². The average Bonchev–Trinajstić information content (AvgIpc) is 3.10. The number of rotatable bonds is 3. The van der Waals surface area contributed by atoms with Gasteiger partial charge in [0, 0.05) is 12.5 Å². The van der Waals surface area contributed by atoms with Crippen molar-refractivity contribution in [2.45, 2.75) is 44.0 Å². The second-order valence-electron chi connectivity index (χ2n) is 5.02. The van der Waals surface area contributed by atoms with Crippen LogP contribution >= 0.6 is 0 Å². The molecule has 2 rings (SSSR count). The minimum atomic E-state index is -4.98. The third kappa shape index (κ3) is 3.06. The number of nitrogens with zero attached hydrogens (tertiary/aromatic N) is 1. The number of esters is 1. The second-order valence-corrected chi connectivity index (χ2v) is 5.02. The van der Waals surface area contributed by atoms with E-state index in [1.165, 1.54) is 0 Å². The van der Waals surface area contributed by atoms with E-state index in [2.05, 4.69) is 5.92 Å². The maximum absolute atomic E-state index is 12.4. The predicted octanol–water partition coefficient (Wildman–Crippen LogP) is 1.49. The summed E-state index contributed by atoms with van der Waals surface area (Å²) in [7, 11) is 0. The van der Waals surface area contributed by atoms with Crippen molar-refractivity contribution in [1.29, 1.82) is 0 Å².